The van der Waals surface area contributed by atoms with Gasteiger partial charge >= 0.3 is 6.09 Å². The molecule has 0 spiro atoms. The molecule has 2 heterocycles. The Bertz CT molecular complexity index is 906. The Balaban J connectivity index is 1.71. The summed E-state index contributed by atoms with van der Waals surface area (Å²) in [5.41, 5.74) is 2.22. The summed E-state index contributed by atoms with van der Waals surface area (Å²) >= 11 is 1.37. The Kier molecular flexibility index (Phi) is 5.62. The lowest BCUT2D eigenvalue weighted by Crippen LogP contribution is -2.31. The molecule has 0 bridgehead atoms. The van der Waals surface area contributed by atoms with Gasteiger partial charge in [0.2, 0.25) is 5.91 Å². The largest absolute Gasteiger partial charge is 0.472 e. The van der Waals surface area contributed by atoms with E-state index >= 15 is 0 Å². The van der Waals surface area contributed by atoms with Crippen LogP contribution in [-0.4, -0.2) is 37.1 Å². The highest BCUT2D eigenvalue weighted by atomic mass is 32.1. The molecule has 0 saturated heterocycles. The number of anilines is 1. The average Bonchev–Trinajstić information content (AvgIpc) is 3.26. The highest BCUT2D eigenvalue weighted by Crippen LogP contribution is 2.38. The van der Waals surface area contributed by atoms with Gasteiger partial charge in [-0.3, -0.25) is 4.79 Å². The summed E-state index contributed by atoms with van der Waals surface area (Å²) in [4.78, 5) is 26.3. The van der Waals surface area contributed by atoms with E-state index in [1.165, 1.54) is 34.8 Å². The number of amides is 2. The minimum absolute atomic E-state index is 0.220. The van der Waals surface area contributed by atoms with Crippen LogP contribution < -0.4 is 5.32 Å². The average molecular weight is 385 g/mol. The highest BCUT2D eigenvalue weighted by molar-refractivity contribution is 7.16. The van der Waals surface area contributed by atoms with Gasteiger partial charge in [0, 0.05) is 37.0 Å². The minimum atomic E-state index is -0.376. The van der Waals surface area contributed by atoms with Crippen LogP contribution in [0.25, 0.3) is 6.08 Å². The van der Waals surface area contributed by atoms with E-state index in [-0.39, 0.29) is 18.1 Å². The quantitative estimate of drug-likeness (QED) is 0.814. The van der Waals surface area contributed by atoms with E-state index in [1.54, 1.807) is 26.2 Å². The van der Waals surface area contributed by atoms with E-state index in [2.05, 4.69) is 11.4 Å². The summed E-state index contributed by atoms with van der Waals surface area (Å²) < 4.78 is 10.4. The van der Waals surface area contributed by atoms with E-state index in [9.17, 15) is 14.9 Å². The first-order valence-electron chi connectivity index (χ1n) is 8.41. The Hall–Kier alpha value is -3.05. The molecular formula is C19H19N3O4S. The van der Waals surface area contributed by atoms with E-state index in [1.807, 2.05) is 0 Å². The maximum absolute atomic E-state index is 12.2. The Labute approximate surface area is 160 Å². The molecule has 1 N–H and O–H groups in total. The zero-order valence-electron chi connectivity index (χ0n) is 15.0. The van der Waals surface area contributed by atoms with E-state index in [0.717, 1.165) is 16.0 Å². The molecule has 1 unspecified atom stereocenters. The summed E-state index contributed by atoms with van der Waals surface area (Å²) in [6.45, 7) is 0. The maximum Gasteiger partial charge on any atom is 0.409 e. The van der Waals surface area contributed by atoms with E-state index in [4.69, 9.17) is 9.15 Å². The van der Waals surface area contributed by atoms with Crippen molar-refractivity contribution in [1.82, 2.24) is 4.90 Å². The molecule has 2 aromatic rings. The number of hydrogen-bond donors (Lipinski definition) is 1. The van der Waals surface area contributed by atoms with Gasteiger partial charge in [-0.25, -0.2) is 4.79 Å². The molecule has 3 rings (SSSR count). The van der Waals surface area contributed by atoms with Gasteiger partial charge in [0.05, 0.1) is 18.1 Å². The molecule has 0 saturated carbocycles. The fraction of sp³-hybridized carbons (Fsp3) is 0.316. The van der Waals surface area contributed by atoms with Crippen LogP contribution in [0.5, 0.6) is 0 Å². The second-order valence-corrected chi connectivity index (χ2v) is 7.45. The summed E-state index contributed by atoms with van der Waals surface area (Å²) in [6.07, 6.45) is 7.34. The van der Waals surface area contributed by atoms with Gasteiger partial charge in [0.1, 0.15) is 17.2 Å². The number of furan rings is 1. The number of fused-ring (bicyclic) bond motifs is 1. The molecule has 2 amide bonds. The molecule has 1 aliphatic rings. The topological polar surface area (TPSA) is 95.6 Å². The maximum atomic E-state index is 12.2. The fourth-order valence-corrected chi connectivity index (χ4v) is 4.07. The second kappa shape index (κ2) is 8.10. The van der Waals surface area contributed by atoms with Crippen molar-refractivity contribution < 1.29 is 18.7 Å². The summed E-state index contributed by atoms with van der Waals surface area (Å²) in [6, 6.07) is 3.93. The molecular weight excluding hydrogens is 366 g/mol. The molecule has 2 aromatic heterocycles. The van der Waals surface area contributed by atoms with Crippen molar-refractivity contribution in [2.24, 2.45) is 0 Å². The second-order valence-electron chi connectivity index (χ2n) is 6.34. The number of ether oxygens (including phenoxy) is 1. The molecule has 1 aliphatic carbocycles. The third-order valence-corrected chi connectivity index (χ3v) is 5.34. The number of carbonyl (C=O) groups is 2. The van der Waals surface area contributed by atoms with Crippen molar-refractivity contribution >= 4 is 34.4 Å². The van der Waals surface area contributed by atoms with Gasteiger partial charge < -0.3 is 19.4 Å². The van der Waals surface area contributed by atoms with Crippen molar-refractivity contribution in [2.75, 3.05) is 19.4 Å². The SMILES string of the molecule is CN(C)C(=O)OC1CCc2c(sc(NC(=O)/C=C/c3ccoc3)c2C#N)C1. The molecule has 8 heteroatoms. The molecule has 7 nitrogen and oxygen atoms in total. The number of nitrogens with one attached hydrogen (secondary N) is 1. The van der Waals surface area contributed by atoms with Gasteiger partial charge in [-0.15, -0.1) is 11.3 Å². The molecule has 0 fully saturated rings. The van der Waals surface area contributed by atoms with Gasteiger partial charge in [-0.2, -0.15) is 5.26 Å². The third-order valence-electron chi connectivity index (χ3n) is 4.17. The first-order valence-corrected chi connectivity index (χ1v) is 9.23. The van der Waals surface area contributed by atoms with Crippen LogP contribution in [0.4, 0.5) is 9.80 Å². The van der Waals surface area contributed by atoms with Gasteiger partial charge in [-0.1, -0.05) is 0 Å². The number of nitriles is 1. The van der Waals surface area contributed by atoms with Crippen molar-refractivity contribution in [2.45, 2.75) is 25.4 Å². The van der Waals surface area contributed by atoms with E-state index < -0.39 is 0 Å². The lowest BCUT2D eigenvalue weighted by molar-refractivity contribution is -0.111. The van der Waals surface area contributed by atoms with Gasteiger partial charge in [0.15, 0.2) is 0 Å². The fourth-order valence-electron chi connectivity index (χ4n) is 2.81. The van der Waals surface area contributed by atoms with Crippen LogP contribution in [-0.2, 0) is 22.4 Å². The first kappa shape index (κ1) is 18.7. The zero-order chi connectivity index (χ0) is 19.4. The minimum Gasteiger partial charge on any atom is -0.472 e. The standard InChI is InChI=1S/C19H19N3O4S/c1-22(2)19(24)26-13-4-5-14-15(10-20)18(27-16(14)9-13)21-17(23)6-3-12-7-8-25-11-12/h3,6-8,11,13H,4-5,9H2,1-2H3,(H,21,23)/b6-3+. The van der Waals surface area contributed by atoms with Crippen molar-refractivity contribution in [3.63, 3.8) is 0 Å². The van der Waals surface area contributed by atoms with Crippen molar-refractivity contribution in [1.29, 1.82) is 5.26 Å². The van der Waals surface area contributed by atoms with Gasteiger partial charge in [-0.05, 0) is 30.5 Å². The predicted molar refractivity (Wildman–Crippen MR) is 101 cm³/mol. The Morgan fingerprint density at radius 1 is 1.48 bits per heavy atom. The normalized spacial score (nSPS) is 15.8. The van der Waals surface area contributed by atoms with Crippen LogP contribution >= 0.6 is 11.3 Å². The molecule has 0 radical (unpaired) electrons. The van der Waals surface area contributed by atoms with Gasteiger partial charge in [0.25, 0.3) is 0 Å². The van der Waals surface area contributed by atoms with Crippen LogP contribution in [0.3, 0.4) is 0 Å². The highest BCUT2D eigenvalue weighted by Gasteiger charge is 2.28. The van der Waals surface area contributed by atoms with Crippen LogP contribution in [0.15, 0.2) is 29.1 Å². The number of thiophene rings is 1. The summed E-state index contributed by atoms with van der Waals surface area (Å²) in [5.74, 6) is -0.318. The monoisotopic (exact) mass is 385 g/mol. The summed E-state index contributed by atoms with van der Waals surface area (Å²) in [7, 11) is 3.28. The summed E-state index contributed by atoms with van der Waals surface area (Å²) in [5, 5.41) is 12.8. The third kappa shape index (κ3) is 4.38. The lowest BCUT2D eigenvalue weighted by atomic mass is 9.94. The molecule has 27 heavy (non-hydrogen) atoms. The van der Waals surface area contributed by atoms with Crippen LogP contribution in [0.2, 0.25) is 0 Å². The number of carbonyl (C=O) groups excluding carboxylic acids is 2. The number of rotatable bonds is 4. The van der Waals surface area contributed by atoms with Crippen LogP contribution in [0.1, 0.15) is 28.0 Å². The van der Waals surface area contributed by atoms with Crippen molar-refractivity contribution in [3.05, 3.63) is 46.2 Å². The molecule has 0 aliphatic heterocycles. The van der Waals surface area contributed by atoms with Crippen molar-refractivity contribution in [3.8, 4) is 6.07 Å². The molecule has 140 valence electrons. The number of nitrogens with zero attached hydrogens (tertiary/aromatic N) is 2. The molecule has 1 atom stereocenters. The zero-order valence-corrected chi connectivity index (χ0v) is 15.8. The van der Waals surface area contributed by atoms with Crippen LogP contribution in [0, 0.1) is 11.3 Å². The van der Waals surface area contributed by atoms with E-state index in [0.29, 0.717) is 29.8 Å². The Morgan fingerprint density at radius 3 is 2.96 bits per heavy atom. The predicted octanol–water partition coefficient (Wildman–Crippen LogP) is 3.42. The lowest BCUT2D eigenvalue weighted by Gasteiger charge is -2.24. The first-order chi connectivity index (χ1) is 13.0. The number of hydrogen-bond acceptors (Lipinski definition) is 6. The Morgan fingerprint density at radius 2 is 2.30 bits per heavy atom. The molecule has 0 aromatic carbocycles. The smallest absolute Gasteiger partial charge is 0.409 e.